The van der Waals surface area contributed by atoms with Crippen molar-refractivity contribution in [3.05, 3.63) is 84.5 Å². The molecule has 9 nitrogen and oxygen atoms in total. The van der Waals surface area contributed by atoms with Crippen LogP contribution in [-0.4, -0.2) is 36.3 Å². The van der Waals surface area contributed by atoms with E-state index in [1.807, 2.05) is 19.9 Å². The molecule has 39 heavy (non-hydrogen) atoms. The second kappa shape index (κ2) is 11.7. The number of carbonyl (C=O) groups is 2. The van der Waals surface area contributed by atoms with Crippen LogP contribution < -0.4 is 29.1 Å². The van der Waals surface area contributed by atoms with Gasteiger partial charge in [-0.15, -0.1) is 0 Å². The van der Waals surface area contributed by atoms with Gasteiger partial charge < -0.3 is 18.9 Å². The summed E-state index contributed by atoms with van der Waals surface area (Å²) < 4.78 is 23.8. The summed E-state index contributed by atoms with van der Waals surface area (Å²) in [5, 5.41) is 0. The second-order valence-electron chi connectivity index (χ2n) is 9.04. The van der Waals surface area contributed by atoms with Gasteiger partial charge in [-0.25, -0.2) is 9.79 Å². The van der Waals surface area contributed by atoms with Crippen LogP contribution in [0.2, 0.25) is 0 Å². The molecule has 1 aliphatic rings. The molecule has 10 heteroatoms. The molecule has 0 N–H and O–H groups in total. The van der Waals surface area contributed by atoms with Crippen LogP contribution in [0.4, 0.5) is 0 Å². The van der Waals surface area contributed by atoms with E-state index in [2.05, 4.69) is 4.99 Å². The Morgan fingerprint density at radius 1 is 1.13 bits per heavy atom. The normalized spacial score (nSPS) is 15.1. The number of thiazole rings is 1. The lowest BCUT2D eigenvalue weighted by molar-refractivity contribution is -0.139. The smallest absolute Gasteiger partial charge is 0.338 e. The van der Waals surface area contributed by atoms with Gasteiger partial charge in [0.05, 0.1) is 41.7 Å². The number of esters is 2. The minimum absolute atomic E-state index is 0.0669. The summed E-state index contributed by atoms with van der Waals surface area (Å²) in [6, 6.07) is 11.4. The van der Waals surface area contributed by atoms with Crippen molar-refractivity contribution in [2.24, 2.45) is 4.99 Å². The fraction of sp³-hybridized carbons (Fsp3) is 0.310. The SMILES string of the molecule is CCOC(=O)C1=C(C)N=c2s/c(=C/c3ccc(OC(C)=O)cc3)c(=O)n2[C@H]1c1ccc(OC(C)C)c(OC)c1. The van der Waals surface area contributed by atoms with Crippen LogP contribution in [0.3, 0.4) is 0 Å². The second-order valence-corrected chi connectivity index (χ2v) is 10.1. The monoisotopic (exact) mass is 550 g/mol. The van der Waals surface area contributed by atoms with E-state index in [1.54, 1.807) is 56.3 Å². The number of allylic oxidation sites excluding steroid dienone is 1. The Kier molecular flexibility index (Phi) is 8.35. The van der Waals surface area contributed by atoms with Crippen molar-refractivity contribution in [2.45, 2.75) is 46.8 Å². The predicted molar refractivity (Wildman–Crippen MR) is 147 cm³/mol. The van der Waals surface area contributed by atoms with Gasteiger partial charge in [0.25, 0.3) is 5.56 Å². The largest absolute Gasteiger partial charge is 0.493 e. The summed E-state index contributed by atoms with van der Waals surface area (Å²) in [7, 11) is 1.54. The van der Waals surface area contributed by atoms with Gasteiger partial charge >= 0.3 is 11.9 Å². The molecule has 4 rings (SSSR count). The van der Waals surface area contributed by atoms with Gasteiger partial charge in [-0.2, -0.15) is 0 Å². The zero-order valence-corrected chi connectivity index (χ0v) is 23.5. The van der Waals surface area contributed by atoms with Crippen molar-refractivity contribution in [1.29, 1.82) is 0 Å². The number of carbonyl (C=O) groups excluding carboxylic acids is 2. The van der Waals surface area contributed by atoms with Crippen LogP contribution in [0.1, 0.15) is 51.8 Å². The van der Waals surface area contributed by atoms with Crippen LogP contribution in [0, 0.1) is 0 Å². The number of rotatable bonds is 8. The van der Waals surface area contributed by atoms with Gasteiger partial charge in [-0.1, -0.05) is 29.5 Å². The van der Waals surface area contributed by atoms with Crippen molar-refractivity contribution in [1.82, 2.24) is 4.57 Å². The minimum Gasteiger partial charge on any atom is -0.493 e. The summed E-state index contributed by atoms with van der Waals surface area (Å²) >= 11 is 1.22. The molecule has 0 aliphatic carbocycles. The van der Waals surface area contributed by atoms with E-state index in [-0.39, 0.29) is 23.8 Å². The Labute approximate surface area is 229 Å². The van der Waals surface area contributed by atoms with Crippen LogP contribution >= 0.6 is 11.3 Å². The predicted octanol–water partition coefficient (Wildman–Crippen LogP) is 3.52. The summed E-state index contributed by atoms with van der Waals surface area (Å²) in [5.74, 6) is 0.493. The standard InChI is InChI=1S/C29H30N2O7S/c1-7-36-28(34)25-17(4)30-29-31(26(25)20-10-13-22(37-16(2)3)23(15-20)35-6)27(33)24(39-29)14-19-8-11-21(12-9-19)38-18(5)32/h8-16,26H,7H2,1-6H3/b24-14+/t26-/m0/s1. The zero-order valence-electron chi connectivity index (χ0n) is 22.6. The maximum atomic E-state index is 13.8. The summed E-state index contributed by atoms with van der Waals surface area (Å²) in [6.45, 7) is 8.81. The number of methoxy groups -OCH3 is 1. The maximum absolute atomic E-state index is 13.8. The molecule has 0 saturated heterocycles. The molecule has 204 valence electrons. The third-order valence-electron chi connectivity index (χ3n) is 5.82. The highest BCUT2D eigenvalue weighted by molar-refractivity contribution is 7.07. The molecule has 3 aromatic rings. The molecule has 1 atom stereocenters. The summed E-state index contributed by atoms with van der Waals surface area (Å²) in [4.78, 5) is 43.2. The molecule has 0 bridgehead atoms. The molecule has 0 amide bonds. The quantitative estimate of drug-likeness (QED) is 0.312. The van der Waals surface area contributed by atoms with Gasteiger partial charge in [0.1, 0.15) is 5.75 Å². The third kappa shape index (κ3) is 5.96. The lowest BCUT2D eigenvalue weighted by Crippen LogP contribution is -2.40. The molecular weight excluding hydrogens is 520 g/mol. The number of ether oxygens (including phenoxy) is 4. The number of aromatic nitrogens is 1. The Bertz CT molecular complexity index is 1610. The van der Waals surface area contributed by atoms with Crippen molar-refractivity contribution in [2.75, 3.05) is 13.7 Å². The Morgan fingerprint density at radius 2 is 1.85 bits per heavy atom. The van der Waals surface area contributed by atoms with Crippen molar-refractivity contribution in [3.8, 4) is 17.2 Å². The molecular formula is C29H30N2O7S. The van der Waals surface area contributed by atoms with Crippen LogP contribution in [-0.2, 0) is 14.3 Å². The maximum Gasteiger partial charge on any atom is 0.338 e. The first kappa shape index (κ1) is 27.8. The van der Waals surface area contributed by atoms with Crippen molar-refractivity contribution in [3.63, 3.8) is 0 Å². The highest BCUT2D eigenvalue weighted by Crippen LogP contribution is 2.36. The molecule has 0 spiro atoms. The van der Waals surface area contributed by atoms with Gasteiger partial charge in [0.15, 0.2) is 16.3 Å². The van der Waals surface area contributed by atoms with E-state index in [1.165, 1.54) is 29.9 Å². The van der Waals surface area contributed by atoms with Gasteiger partial charge in [0.2, 0.25) is 0 Å². The topological polar surface area (TPSA) is 105 Å². The van der Waals surface area contributed by atoms with E-state index in [4.69, 9.17) is 18.9 Å². The molecule has 2 heterocycles. The molecule has 2 aromatic carbocycles. The van der Waals surface area contributed by atoms with Crippen molar-refractivity contribution < 1.29 is 28.5 Å². The van der Waals surface area contributed by atoms with Crippen LogP contribution in [0.25, 0.3) is 6.08 Å². The molecule has 0 radical (unpaired) electrons. The fourth-order valence-electron chi connectivity index (χ4n) is 4.26. The summed E-state index contributed by atoms with van der Waals surface area (Å²) in [6.07, 6.45) is 1.67. The number of hydrogen-bond acceptors (Lipinski definition) is 9. The van der Waals surface area contributed by atoms with Gasteiger partial charge in [0, 0.05) is 6.92 Å². The van der Waals surface area contributed by atoms with E-state index < -0.39 is 18.0 Å². The Hall–Kier alpha value is -4.18. The molecule has 0 fully saturated rings. The Balaban J connectivity index is 1.88. The zero-order chi connectivity index (χ0) is 28.3. The highest BCUT2D eigenvalue weighted by Gasteiger charge is 2.34. The van der Waals surface area contributed by atoms with Gasteiger partial charge in [-0.05, 0) is 69.2 Å². The first-order chi connectivity index (χ1) is 18.6. The van der Waals surface area contributed by atoms with E-state index in [9.17, 15) is 14.4 Å². The lowest BCUT2D eigenvalue weighted by Gasteiger charge is -2.25. The van der Waals surface area contributed by atoms with E-state index >= 15 is 0 Å². The number of hydrogen-bond donors (Lipinski definition) is 0. The van der Waals surface area contributed by atoms with Crippen LogP contribution in [0.5, 0.6) is 17.2 Å². The lowest BCUT2D eigenvalue weighted by atomic mass is 9.95. The average Bonchev–Trinajstić information content (AvgIpc) is 3.18. The van der Waals surface area contributed by atoms with Gasteiger partial charge in [-0.3, -0.25) is 14.2 Å². The van der Waals surface area contributed by atoms with E-state index in [0.717, 1.165) is 5.56 Å². The molecule has 0 saturated carbocycles. The number of fused-ring (bicyclic) bond motifs is 1. The van der Waals surface area contributed by atoms with Crippen LogP contribution in [0.15, 0.2) is 63.5 Å². The third-order valence-corrected chi connectivity index (χ3v) is 6.81. The highest BCUT2D eigenvalue weighted by atomic mass is 32.1. The molecule has 1 aromatic heterocycles. The first-order valence-corrected chi connectivity index (χ1v) is 13.3. The fourth-order valence-corrected chi connectivity index (χ4v) is 5.31. The average molecular weight is 551 g/mol. The minimum atomic E-state index is -0.782. The first-order valence-electron chi connectivity index (χ1n) is 12.5. The van der Waals surface area contributed by atoms with E-state index in [0.29, 0.717) is 37.8 Å². The van der Waals surface area contributed by atoms with Crippen molar-refractivity contribution >= 4 is 29.4 Å². The summed E-state index contributed by atoms with van der Waals surface area (Å²) in [5.41, 5.74) is 1.84. The number of nitrogens with zero attached hydrogens (tertiary/aromatic N) is 2. The Morgan fingerprint density at radius 3 is 2.46 bits per heavy atom. The molecule has 0 unspecified atom stereocenters. The molecule has 1 aliphatic heterocycles. The number of benzene rings is 2.